The zero-order valence-electron chi connectivity index (χ0n) is 10.5. The highest BCUT2D eigenvalue weighted by atomic mass is 35.5. The highest BCUT2D eigenvalue weighted by Gasteiger charge is 1.84. The van der Waals surface area contributed by atoms with Crippen molar-refractivity contribution in [1.82, 2.24) is 5.32 Å². The summed E-state index contributed by atoms with van der Waals surface area (Å²) >= 11 is 4.76. The number of halogens is 1. The fourth-order valence-corrected chi connectivity index (χ4v) is 0.267. The van der Waals surface area contributed by atoms with Crippen molar-refractivity contribution in [3.05, 3.63) is 50.8 Å². The summed E-state index contributed by atoms with van der Waals surface area (Å²) in [6, 6.07) is 0. The van der Waals surface area contributed by atoms with E-state index in [0.717, 1.165) is 12.3 Å². The maximum atomic E-state index is 10.0. The van der Waals surface area contributed by atoms with Crippen LogP contribution in [0.3, 0.4) is 0 Å². The second-order valence-corrected chi connectivity index (χ2v) is 2.14. The van der Waals surface area contributed by atoms with Crippen LogP contribution in [0.2, 0.25) is 0 Å². The molecule has 0 saturated carbocycles. The summed E-state index contributed by atoms with van der Waals surface area (Å²) in [5.41, 5.74) is 1.22. The lowest BCUT2D eigenvalue weighted by molar-refractivity contribution is -0.135. The summed E-state index contributed by atoms with van der Waals surface area (Å²) in [5, 5.41) is 10.1. The molecule has 0 atom stereocenters. The summed E-state index contributed by atoms with van der Waals surface area (Å²) in [7, 11) is 0. The van der Waals surface area contributed by atoms with E-state index in [1.807, 2.05) is 0 Å². The van der Waals surface area contributed by atoms with Gasteiger partial charge in [-0.15, -0.1) is 13.2 Å². The van der Waals surface area contributed by atoms with E-state index in [2.05, 4.69) is 42.9 Å². The van der Waals surface area contributed by atoms with Gasteiger partial charge in [-0.2, -0.15) is 0 Å². The van der Waals surface area contributed by atoms with E-state index >= 15 is 0 Å². The Balaban J connectivity index is -0.0000000811. The normalized spacial score (nSPS) is 6.17. The molecule has 0 aliphatic rings. The third-order valence-corrected chi connectivity index (χ3v) is 0.688. The van der Waals surface area contributed by atoms with Gasteiger partial charge in [0.25, 0.3) is 0 Å². The molecule has 0 saturated heterocycles. The number of ether oxygens (including phenoxy) is 1. The van der Waals surface area contributed by atoms with E-state index in [1.54, 1.807) is 0 Å². The maximum absolute atomic E-state index is 10.0. The van der Waals surface area contributed by atoms with E-state index < -0.39 is 0 Å². The van der Waals surface area contributed by atoms with Gasteiger partial charge >= 0.3 is 5.97 Å². The summed E-state index contributed by atoms with van der Waals surface area (Å²) in [5.74, 6) is -0.687. The number of aliphatic hydroxyl groups is 1. The summed E-state index contributed by atoms with van der Waals surface area (Å²) in [6.45, 7) is 16.4. The van der Waals surface area contributed by atoms with E-state index in [4.69, 9.17) is 16.7 Å². The van der Waals surface area contributed by atoms with Gasteiger partial charge in [0.05, 0.1) is 6.26 Å². The van der Waals surface area contributed by atoms with Crippen LogP contribution in [0.15, 0.2) is 50.8 Å². The molecule has 0 heterocycles. The number of carbonyl (C=O) groups excluding carboxylic acids is 2. The predicted molar refractivity (Wildman–Crippen MR) is 74.7 cm³/mol. The van der Waals surface area contributed by atoms with Crippen molar-refractivity contribution in [3.8, 4) is 0 Å². The van der Waals surface area contributed by atoms with Crippen LogP contribution < -0.4 is 5.32 Å². The number of rotatable bonds is 3. The van der Waals surface area contributed by atoms with Crippen LogP contribution in [0, 0.1) is 0 Å². The van der Waals surface area contributed by atoms with Crippen LogP contribution in [0.1, 0.15) is 6.92 Å². The first-order chi connectivity index (χ1) is 8.49. The van der Waals surface area contributed by atoms with Gasteiger partial charge in [0.2, 0.25) is 5.91 Å². The minimum atomic E-state index is -0.359. The van der Waals surface area contributed by atoms with Crippen molar-refractivity contribution in [1.29, 1.82) is 0 Å². The molecule has 0 aromatic carbocycles. The number of esters is 1. The summed E-state index contributed by atoms with van der Waals surface area (Å²) < 4.78 is 4.17. The molecule has 0 radical (unpaired) electrons. The first-order valence-electron chi connectivity index (χ1n) is 4.50. The van der Waals surface area contributed by atoms with Crippen LogP contribution in [0.5, 0.6) is 0 Å². The predicted octanol–water partition coefficient (Wildman–Crippen LogP) is 2.10. The van der Waals surface area contributed by atoms with Gasteiger partial charge in [-0.05, 0) is 11.6 Å². The minimum Gasteiger partial charge on any atom is -0.435 e. The molecule has 5 nitrogen and oxygen atoms in total. The van der Waals surface area contributed by atoms with E-state index in [9.17, 15) is 9.59 Å². The Kier molecular flexibility index (Phi) is 41.1. The molecule has 104 valence electrons. The lowest BCUT2D eigenvalue weighted by Gasteiger charge is -1.89. The van der Waals surface area contributed by atoms with Crippen LogP contribution in [-0.4, -0.2) is 23.7 Å². The molecule has 0 aliphatic carbocycles. The zero-order valence-corrected chi connectivity index (χ0v) is 11.3. The van der Waals surface area contributed by atoms with Crippen LogP contribution >= 0.6 is 11.6 Å². The van der Waals surface area contributed by atoms with E-state index in [0.29, 0.717) is 0 Å². The van der Waals surface area contributed by atoms with Gasteiger partial charge in [-0.25, -0.2) is 0 Å². The van der Waals surface area contributed by atoms with E-state index in [-0.39, 0.29) is 18.6 Å². The Morgan fingerprint density at radius 2 is 1.72 bits per heavy atom. The van der Waals surface area contributed by atoms with Crippen molar-refractivity contribution in [3.63, 3.8) is 0 Å². The maximum Gasteiger partial charge on any atom is 0.307 e. The molecule has 0 unspecified atom stereocenters. The fourth-order valence-electron chi connectivity index (χ4n) is 0.267. The fraction of sp³-hybridized carbons (Fsp3) is 0.167. The smallest absolute Gasteiger partial charge is 0.307 e. The van der Waals surface area contributed by atoms with E-state index in [1.165, 1.54) is 12.5 Å². The molecular formula is C12H20ClNO4. The van der Waals surface area contributed by atoms with Crippen molar-refractivity contribution >= 4 is 23.5 Å². The Labute approximate surface area is 113 Å². The second-order valence-electron chi connectivity index (χ2n) is 1.83. The molecule has 2 N–H and O–H groups in total. The number of amides is 1. The number of aliphatic hydroxyl groups excluding tert-OH is 1. The highest BCUT2D eigenvalue weighted by molar-refractivity contribution is 6.25. The molecule has 18 heavy (non-hydrogen) atoms. The largest absolute Gasteiger partial charge is 0.435 e. The quantitative estimate of drug-likeness (QED) is 0.272. The van der Waals surface area contributed by atoms with Crippen LogP contribution in [0.25, 0.3) is 0 Å². The van der Waals surface area contributed by atoms with Gasteiger partial charge < -0.3 is 15.2 Å². The number of hydrogen-bond donors (Lipinski definition) is 2. The summed E-state index contributed by atoms with van der Waals surface area (Å²) in [4.78, 5) is 19.8. The molecule has 0 spiro atoms. The van der Waals surface area contributed by atoms with Gasteiger partial charge in [-0.1, -0.05) is 31.3 Å². The lowest BCUT2D eigenvalue weighted by Crippen LogP contribution is -2.20. The molecule has 0 fully saturated rings. The van der Waals surface area contributed by atoms with Gasteiger partial charge in [0, 0.05) is 6.92 Å². The number of nitrogens with one attached hydrogen (secondary N) is 1. The number of hydrogen-bond acceptors (Lipinski definition) is 4. The molecule has 0 aliphatic heterocycles. The van der Waals surface area contributed by atoms with Gasteiger partial charge in [0.15, 0.2) is 0 Å². The standard InChI is InChI=1S/C4H7NO2.C4H6O2.C2H3Cl.C2H4/c1-2-4(7)5-3-6;1-3-6-4(2)5;1-2-3;1-2/h2,6H,1,3H2,(H,5,7);3H,1H2,2H3;2H,1H2;1-2H2. The molecular weight excluding hydrogens is 258 g/mol. The SMILES string of the molecule is C=C.C=CC(=O)NCO.C=CCl.C=COC(C)=O. The molecule has 0 aromatic heterocycles. The van der Waals surface area contributed by atoms with Gasteiger partial charge in [-0.3, -0.25) is 9.59 Å². The molecule has 0 bridgehead atoms. The first kappa shape index (κ1) is 25.1. The molecule has 0 rings (SSSR count). The van der Waals surface area contributed by atoms with Crippen LogP contribution in [0.4, 0.5) is 0 Å². The third kappa shape index (κ3) is 64.7. The average Bonchev–Trinajstić information content (AvgIpc) is 2.33. The second kappa shape index (κ2) is 29.4. The Hall–Kier alpha value is -1.85. The Bertz CT molecular complexity index is 242. The first-order valence-corrected chi connectivity index (χ1v) is 4.94. The summed E-state index contributed by atoms with van der Waals surface area (Å²) in [6.07, 6.45) is 2.19. The monoisotopic (exact) mass is 277 g/mol. The van der Waals surface area contributed by atoms with Gasteiger partial charge in [0.1, 0.15) is 6.73 Å². The van der Waals surface area contributed by atoms with Crippen LogP contribution in [-0.2, 0) is 14.3 Å². The molecule has 6 heteroatoms. The third-order valence-electron chi connectivity index (χ3n) is 0.688. The van der Waals surface area contributed by atoms with Crippen molar-refractivity contribution in [2.24, 2.45) is 0 Å². The molecule has 1 amide bonds. The molecule has 0 aromatic rings. The van der Waals surface area contributed by atoms with Crippen molar-refractivity contribution < 1.29 is 19.4 Å². The number of carbonyl (C=O) groups is 2. The minimum absolute atomic E-state index is 0.329. The van der Waals surface area contributed by atoms with Crippen molar-refractivity contribution in [2.75, 3.05) is 6.73 Å². The highest BCUT2D eigenvalue weighted by Crippen LogP contribution is 1.70. The zero-order chi connectivity index (χ0) is 15.4. The Morgan fingerprint density at radius 3 is 1.78 bits per heavy atom. The average molecular weight is 278 g/mol. The Morgan fingerprint density at radius 1 is 1.33 bits per heavy atom. The lowest BCUT2D eigenvalue weighted by atomic mass is 10.6. The topological polar surface area (TPSA) is 75.6 Å². The van der Waals surface area contributed by atoms with Crippen molar-refractivity contribution in [2.45, 2.75) is 6.92 Å².